The Morgan fingerprint density at radius 2 is 1.64 bits per heavy atom. The number of hydrogen-bond acceptors (Lipinski definition) is 3. The molecule has 3 rings (SSSR count). The maximum atomic E-state index is 14.0. The average molecular weight is 388 g/mol. The molecule has 0 saturated carbocycles. The molecule has 1 heterocycles. The summed E-state index contributed by atoms with van der Waals surface area (Å²) < 4.78 is 33.4. The molecule has 0 bridgehead atoms. The van der Waals surface area contributed by atoms with Crippen LogP contribution in [0.4, 0.5) is 8.78 Å². The Morgan fingerprint density at radius 1 is 1.04 bits per heavy atom. The van der Waals surface area contributed by atoms with Gasteiger partial charge in [-0.15, -0.1) is 0 Å². The Labute approximate surface area is 162 Å². The van der Waals surface area contributed by atoms with Crippen LogP contribution >= 0.6 is 0 Å². The van der Waals surface area contributed by atoms with Crippen molar-refractivity contribution in [1.29, 1.82) is 0 Å². The van der Waals surface area contributed by atoms with Gasteiger partial charge in [-0.2, -0.15) is 0 Å². The first-order valence-electron chi connectivity index (χ1n) is 9.03. The van der Waals surface area contributed by atoms with Gasteiger partial charge in [0.25, 0.3) is 5.91 Å². The summed E-state index contributed by atoms with van der Waals surface area (Å²) in [4.78, 5) is 26.0. The van der Waals surface area contributed by atoms with Crippen LogP contribution < -0.4 is 10.1 Å². The van der Waals surface area contributed by atoms with Crippen LogP contribution in [-0.4, -0.2) is 36.9 Å². The Balaban J connectivity index is 1.87. The summed E-state index contributed by atoms with van der Waals surface area (Å²) in [5, 5.41) is 3.00. The van der Waals surface area contributed by atoms with E-state index in [1.807, 2.05) is 24.3 Å². The van der Waals surface area contributed by atoms with Gasteiger partial charge >= 0.3 is 0 Å². The van der Waals surface area contributed by atoms with E-state index < -0.39 is 28.6 Å². The van der Waals surface area contributed by atoms with Crippen LogP contribution in [-0.2, 0) is 10.3 Å². The molecule has 1 aliphatic rings. The second-order valence-corrected chi connectivity index (χ2v) is 6.85. The molecule has 2 amide bonds. The molecule has 0 atom stereocenters. The Hall–Kier alpha value is -2.96. The Morgan fingerprint density at radius 3 is 2.21 bits per heavy atom. The maximum absolute atomic E-state index is 14.0. The summed E-state index contributed by atoms with van der Waals surface area (Å²) in [5.41, 5.74) is -0.452. The van der Waals surface area contributed by atoms with E-state index in [1.54, 1.807) is 7.11 Å². The highest BCUT2D eigenvalue weighted by atomic mass is 19.1. The fourth-order valence-electron chi connectivity index (χ4n) is 3.79. The zero-order valence-electron chi connectivity index (χ0n) is 15.8. The molecule has 1 aliphatic heterocycles. The Bertz CT molecular complexity index is 873. The van der Waals surface area contributed by atoms with Crippen LogP contribution in [0, 0.1) is 11.6 Å². The highest BCUT2D eigenvalue weighted by Crippen LogP contribution is 2.38. The number of carbonyl (C=O) groups is 2. The minimum atomic E-state index is -0.881. The van der Waals surface area contributed by atoms with E-state index in [-0.39, 0.29) is 19.0 Å². The van der Waals surface area contributed by atoms with Crippen LogP contribution in [0.25, 0.3) is 0 Å². The highest BCUT2D eigenvalue weighted by molar-refractivity contribution is 5.94. The summed E-state index contributed by atoms with van der Waals surface area (Å²) in [7, 11) is 1.56. The number of methoxy groups -OCH3 is 1. The van der Waals surface area contributed by atoms with Crippen LogP contribution in [0.15, 0.2) is 42.5 Å². The molecule has 2 aromatic carbocycles. The summed E-state index contributed by atoms with van der Waals surface area (Å²) in [6, 6.07) is 10.7. The number of nitrogens with one attached hydrogen (secondary N) is 1. The minimum absolute atomic E-state index is 0.203. The molecule has 0 spiro atoms. The lowest BCUT2D eigenvalue weighted by atomic mass is 9.80. The summed E-state index contributed by atoms with van der Waals surface area (Å²) in [6.45, 7) is 1.92. The topological polar surface area (TPSA) is 58.6 Å². The van der Waals surface area contributed by atoms with E-state index in [9.17, 15) is 18.4 Å². The molecular formula is C21H22F2N2O3. The minimum Gasteiger partial charge on any atom is -0.496 e. The maximum Gasteiger partial charge on any atom is 0.259 e. The zero-order chi connectivity index (χ0) is 20.3. The van der Waals surface area contributed by atoms with Crippen molar-refractivity contribution in [3.63, 3.8) is 0 Å². The Kier molecular flexibility index (Phi) is 5.63. The first-order chi connectivity index (χ1) is 13.4. The molecule has 148 valence electrons. The molecular weight excluding hydrogens is 366 g/mol. The van der Waals surface area contributed by atoms with Crippen LogP contribution in [0.1, 0.15) is 35.7 Å². The van der Waals surface area contributed by atoms with Crippen molar-refractivity contribution in [2.24, 2.45) is 0 Å². The van der Waals surface area contributed by atoms with E-state index in [2.05, 4.69) is 5.32 Å². The van der Waals surface area contributed by atoms with Gasteiger partial charge in [0, 0.05) is 25.6 Å². The number of benzene rings is 2. The summed E-state index contributed by atoms with van der Waals surface area (Å²) in [5.74, 6) is -2.02. The van der Waals surface area contributed by atoms with Crippen molar-refractivity contribution in [3.8, 4) is 5.75 Å². The van der Waals surface area contributed by atoms with E-state index in [4.69, 9.17) is 4.74 Å². The predicted molar refractivity (Wildman–Crippen MR) is 100.0 cm³/mol. The number of carbonyl (C=O) groups excluding carboxylic acids is 2. The van der Waals surface area contributed by atoms with Crippen molar-refractivity contribution in [1.82, 2.24) is 10.2 Å². The van der Waals surface area contributed by atoms with Gasteiger partial charge in [0.1, 0.15) is 22.9 Å². The van der Waals surface area contributed by atoms with Crippen LogP contribution in [0.3, 0.4) is 0 Å². The van der Waals surface area contributed by atoms with Crippen molar-refractivity contribution >= 4 is 11.8 Å². The molecule has 0 aliphatic carbocycles. The number of amides is 2. The quantitative estimate of drug-likeness (QED) is 0.875. The third-order valence-electron chi connectivity index (χ3n) is 5.12. The standard InChI is InChI=1S/C21H22F2N2O3/c1-14(26)24-21(15-6-3-4-9-18(15)28-2)10-12-25(13-11-21)20(27)19-16(22)7-5-8-17(19)23/h3-9H,10-13H2,1-2H3,(H,24,26). The van der Waals surface area contributed by atoms with Crippen molar-refractivity contribution in [2.75, 3.05) is 20.2 Å². The third kappa shape index (κ3) is 3.69. The fraction of sp³-hybridized carbons (Fsp3) is 0.333. The molecule has 0 radical (unpaired) electrons. The molecule has 7 heteroatoms. The van der Waals surface area contributed by atoms with E-state index in [0.29, 0.717) is 18.6 Å². The molecule has 28 heavy (non-hydrogen) atoms. The van der Waals surface area contributed by atoms with Gasteiger partial charge in [-0.3, -0.25) is 9.59 Å². The van der Waals surface area contributed by atoms with E-state index in [1.165, 1.54) is 17.9 Å². The molecule has 1 fully saturated rings. The van der Waals surface area contributed by atoms with Crippen molar-refractivity contribution in [2.45, 2.75) is 25.3 Å². The normalized spacial score (nSPS) is 15.8. The van der Waals surface area contributed by atoms with Gasteiger partial charge in [-0.05, 0) is 31.0 Å². The summed E-state index contributed by atoms with van der Waals surface area (Å²) >= 11 is 0. The number of para-hydroxylation sites is 1. The lowest BCUT2D eigenvalue weighted by Gasteiger charge is -2.43. The fourth-order valence-corrected chi connectivity index (χ4v) is 3.79. The van der Waals surface area contributed by atoms with Crippen LogP contribution in [0.5, 0.6) is 5.75 Å². The zero-order valence-corrected chi connectivity index (χ0v) is 15.8. The average Bonchev–Trinajstić information content (AvgIpc) is 2.67. The van der Waals surface area contributed by atoms with E-state index in [0.717, 1.165) is 17.7 Å². The molecule has 0 aromatic heterocycles. The number of hydrogen-bond donors (Lipinski definition) is 1. The number of nitrogens with zero attached hydrogens (tertiary/aromatic N) is 1. The van der Waals surface area contributed by atoms with Gasteiger partial charge in [-0.1, -0.05) is 24.3 Å². The molecule has 1 saturated heterocycles. The first-order valence-corrected chi connectivity index (χ1v) is 9.03. The number of rotatable bonds is 4. The number of halogens is 2. The highest BCUT2D eigenvalue weighted by Gasteiger charge is 2.40. The number of piperidine rings is 1. The van der Waals surface area contributed by atoms with Gasteiger partial charge in [0.05, 0.1) is 12.6 Å². The number of likely N-dealkylation sites (tertiary alicyclic amines) is 1. The smallest absolute Gasteiger partial charge is 0.259 e. The second-order valence-electron chi connectivity index (χ2n) is 6.85. The number of ether oxygens (including phenoxy) is 1. The van der Waals surface area contributed by atoms with Gasteiger partial charge in [0.2, 0.25) is 5.91 Å². The van der Waals surface area contributed by atoms with Gasteiger partial charge in [-0.25, -0.2) is 8.78 Å². The second kappa shape index (κ2) is 7.96. The molecule has 5 nitrogen and oxygen atoms in total. The predicted octanol–water partition coefficient (Wildman–Crippen LogP) is 3.24. The first kappa shape index (κ1) is 19.8. The van der Waals surface area contributed by atoms with Crippen molar-refractivity contribution < 1.29 is 23.1 Å². The van der Waals surface area contributed by atoms with E-state index >= 15 is 0 Å². The van der Waals surface area contributed by atoms with Gasteiger partial charge < -0.3 is 15.0 Å². The van der Waals surface area contributed by atoms with Crippen molar-refractivity contribution in [3.05, 3.63) is 65.2 Å². The molecule has 1 N–H and O–H groups in total. The van der Waals surface area contributed by atoms with Gasteiger partial charge in [0.15, 0.2) is 0 Å². The van der Waals surface area contributed by atoms with Crippen LogP contribution in [0.2, 0.25) is 0 Å². The largest absolute Gasteiger partial charge is 0.496 e. The monoisotopic (exact) mass is 388 g/mol. The SMILES string of the molecule is COc1ccccc1C1(NC(C)=O)CCN(C(=O)c2c(F)cccc2F)CC1. The molecule has 2 aromatic rings. The molecule has 0 unspecified atom stereocenters. The summed E-state index contributed by atoms with van der Waals surface area (Å²) in [6.07, 6.45) is 0.795. The third-order valence-corrected chi connectivity index (χ3v) is 5.12. The lowest BCUT2D eigenvalue weighted by Crippen LogP contribution is -2.54. The lowest BCUT2D eigenvalue weighted by molar-refractivity contribution is -0.121.